The molecule has 0 aliphatic rings. The van der Waals surface area contributed by atoms with Crippen LogP contribution in [-0.2, 0) is 358 Å². The fourth-order valence-corrected chi connectivity index (χ4v) is 4.35. The van der Waals surface area contributed by atoms with Gasteiger partial charge in [-0.2, -0.15) is 97.1 Å². The van der Waals surface area contributed by atoms with Crippen LogP contribution >= 0.6 is 0 Å². The topological polar surface area (TPSA) is 116 Å². The molecule has 0 saturated heterocycles. The molecule has 0 bridgehead atoms. The number of nitrogens with zero attached hydrogens (tertiary/aromatic N) is 9. The molecule has 0 aliphatic carbocycles. The van der Waals surface area contributed by atoms with Crippen LogP contribution in [0.5, 0.6) is 0 Å². The second kappa shape index (κ2) is 92.1. The second-order valence-corrected chi connectivity index (χ2v) is 13.4. The summed E-state index contributed by atoms with van der Waals surface area (Å²) < 4.78 is 0. The normalized spacial score (nSPS) is 7.15. The van der Waals surface area contributed by atoms with Gasteiger partial charge in [-0.1, -0.05) is 159 Å². The van der Waals surface area contributed by atoms with Crippen molar-refractivity contribution in [2.45, 2.75) is 118 Å². The zero-order valence-corrected chi connectivity index (χ0v) is 85.0. The van der Waals surface area contributed by atoms with Gasteiger partial charge < -0.3 is 24.9 Å². The molecule has 0 unspecified atom stereocenters. The predicted molar refractivity (Wildman–Crippen MR) is 269 cm³/mol. The van der Waals surface area contributed by atoms with Crippen LogP contribution in [0.3, 0.4) is 0 Å². The van der Waals surface area contributed by atoms with Crippen LogP contribution in [0.1, 0.15) is 102 Å². The van der Waals surface area contributed by atoms with Crippen LogP contribution in [0.25, 0.3) is 0 Å². The monoisotopic (exact) mass is 2300 g/mol. The Morgan fingerprint density at radius 2 is 0.646 bits per heavy atom. The molecule has 0 N–H and O–H groups in total. The Kier molecular flexibility index (Phi) is 148. The number of aromatic nitrogens is 9. The quantitative estimate of drug-likeness (QED) is 0.137. The number of pyridine rings is 7. The summed E-state index contributed by atoms with van der Waals surface area (Å²) in [5.74, 6) is 0. The Hall–Kier alpha value is 7.65. The Morgan fingerprint density at radius 1 is 0.316 bits per heavy atom. The van der Waals surface area contributed by atoms with E-state index in [1.165, 1.54) is 0 Å². The van der Waals surface area contributed by atoms with Gasteiger partial charge in [-0.15, -0.1) is 0 Å². The van der Waals surface area contributed by atoms with Crippen molar-refractivity contribution in [1.82, 2.24) is 44.9 Å². The Balaban J connectivity index is -0.0000000396. The van der Waals surface area contributed by atoms with Gasteiger partial charge in [0.25, 0.3) is 0 Å². The number of hydrogen-bond donors (Lipinski definition) is 0. The van der Waals surface area contributed by atoms with E-state index in [9.17, 15) is 0 Å². The van der Waals surface area contributed by atoms with Crippen LogP contribution in [0.4, 0.5) is 0 Å². The van der Waals surface area contributed by atoms with Crippen LogP contribution in [0.2, 0.25) is 0 Å². The van der Waals surface area contributed by atoms with Crippen LogP contribution in [0, 0.1) is 202 Å². The molecular formula is C56H71Ar2N9W3Y9. The van der Waals surface area contributed by atoms with Crippen molar-refractivity contribution in [2.24, 2.45) is 0 Å². The van der Waals surface area contributed by atoms with E-state index in [1.807, 2.05) is 209 Å². The maximum atomic E-state index is 4.14. The van der Waals surface area contributed by atoms with E-state index in [0.29, 0.717) is 0 Å². The fourth-order valence-electron chi connectivity index (χ4n) is 4.35. The molecule has 8 rings (SSSR count). The van der Waals surface area contributed by atoms with Gasteiger partial charge in [0.15, 0.2) is 0 Å². The van der Waals surface area contributed by atoms with E-state index in [4.69, 9.17) is 0 Å². The van der Waals surface area contributed by atoms with Crippen LogP contribution in [0.15, 0.2) is 122 Å². The van der Waals surface area contributed by atoms with Crippen molar-refractivity contribution in [1.29, 1.82) is 0 Å². The van der Waals surface area contributed by atoms with Gasteiger partial charge in [-0.3, -0.25) is 19.9 Å². The summed E-state index contributed by atoms with van der Waals surface area (Å²) in [5, 5.41) is 0. The summed E-state index contributed by atoms with van der Waals surface area (Å²) in [6.45, 7) is 33.4. The van der Waals surface area contributed by atoms with Gasteiger partial charge in [0.1, 0.15) is 0 Å². The fraction of sp³-hybridized carbons (Fsp3) is 0.304. The van der Waals surface area contributed by atoms with Crippen molar-refractivity contribution in [3.05, 3.63) is 232 Å². The standard InChI is InChI=1S/5C7H8N.C6H7N.C6H6N.C5H6N2.2C2H6.2Ar.3W.9Y/c5*1-6-4-3-5-7(2)8-6;2*1-6-4-2-3-5-7-6;1-5-4-6-2-3-7-5;2*1-2;;;;;;;;;;;;;;/h4*4-5H,1-2H3;3-4H,1-2H3;2-5H,1H3;2*2-4H,1H3;2*1-2H3;;;;;;;;;;;;;;/q5*-1;;-1;;;;;;3*+2;;;;;;;;;. The van der Waals surface area contributed by atoms with E-state index in [-0.39, 0.29) is 433 Å². The van der Waals surface area contributed by atoms with Gasteiger partial charge in [0, 0.05) is 400 Å². The molecule has 0 fully saturated rings. The molecule has 79 heavy (non-hydrogen) atoms. The first kappa shape index (κ1) is 127. The van der Waals surface area contributed by atoms with Crippen LogP contribution in [-0.4, -0.2) is 44.9 Å². The minimum absolute atomic E-state index is 0. The van der Waals surface area contributed by atoms with Gasteiger partial charge in [-0.05, 0) is 45.5 Å². The van der Waals surface area contributed by atoms with Crippen LogP contribution < -0.4 is 0 Å². The third-order valence-electron chi connectivity index (χ3n) is 6.96. The summed E-state index contributed by atoms with van der Waals surface area (Å²) in [4.78, 5) is 36.3. The first-order valence-electron chi connectivity index (χ1n) is 21.6. The molecule has 0 saturated carbocycles. The molecule has 0 amide bonds. The van der Waals surface area contributed by atoms with E-state index in [2.05, 4.69) is 81.4 Å². The van der Waals surface area contributed by atoms with Crippen molar-refractivity contribution >= 4 is 0 Å². The Labute approximate surface area is 809 Å². The molecule has 8 heterocycles. The average molecular weight is 2300 g/mol. The van der Waals surface area contributed by atoms with E-state index in [1.54, 1.807) is 30.9 Å². The average Bonchev–Trinajstić information content (AvgIpc) is 3.27. The molecule has 8 aromatic rings. The molecule has 23 heteroatoms. The second-order valence-electron chi connectivity index (χ2n) is 13.4. The van der Waals surface area contributed by atoms with Gasteiger partial charge in [-0.25, -0.2) is 12.1 Å². The maximum absolute atomic E-state index is 4.14. The van der Waals surface area contributed by atoms with Crippen molar-refractivity contribution in [2.75, 3.05) is 0 Å². The first-order chi connectivity index (χ1) is 31.1. The number of rotatable bonds is 0. The zero-order chi connectivity index (χ0) is 49.3. The molecule has 0 aromatic carbocycles. The largest absolute Gasteiger partial charge is 2.00 e. The minimum atomic E-state index is 0. The van der Waals surface area contributed by atoms with E-state index >= 15 is 0 Å². The molecule has 8 aromatic heterocycles. The third-order valence-corrected chi connectivity index (χ3v) is 6.96. The molecule has 9 nitrogen and oxygen atoms in total. The molecular weight excluding hydrogens is 2230 g/mol. The van der Waals surface area contributed by atoms with Gasteiger partial charge in [0.2, 0.25) is 0 Å². The van der Waals surface area contributed by atoms with Crippen molar-refractivity contribution in [3.63, 3.8) is 0 Å². The molecule has 0 aliphatic heterocycles. The van der Waals surface area contributed by atoms with E-state index < -0.39 is 0 Å². The smallest absolute Gasteiger partial charge is 0.391 e. The Morgan fingerprint density at radius 3 is 0.785 bits per heavy atom. The third kappa shape index (κ3) is 89.9. The molecule has 0 atom stereocenters. The summed E-state index contributed by atoms with van der Waals surface area (Å²) >= 11 is 0. The summed E-state index contributed by atoms with van der Waals surface area (Å²) in [6.07, 6.45) is 9.56. The first-order valence-corrected chi connectivity index (χ1v) is 21.6. The van der Waals surface area contributed by atoms with Gasteiger partial charge >= 0.3 is 63.2 Å². The zero-order valence-electron chi connectivity index (χ0n) is 49.2. The summed E-state index contributed by atoms with van der Waals surface area (Å²) in [6, 6.07) is 45.1. The summed E-state index contributed by atoms with van der Waals surface area (Å²) in [7, 11) is 0. The minimum Gasteiger partial charge on any atom is -0.391 e. The maximum Gasteiger partial charge on any atom is 2.00 e. The molecule has 0 spiro atoms. The SMILES string of the molecule is CC.CC.Cc1[c-]ccc(C)n1.Cc1c[c-]cc(C)n1.Cc1c[c-]cc(C)n1.Cc1c[c-]cc(C)n1.Cc1c[c-]cc(C)n1.Cc1ccc[c-]n1.Cc1ccccn1.Cc1cnccn1.[Ar].[Ar].[W+2].[W+2].[W+2].[Y].[Y].[Y].[Y].[Y].[Y].[Y].[Y].[Y]. The number of hydrogen-bond acceptors (Lipinski definition) is 9. The Bertz CT molecular complexity index is 1950. The van der Waals surface area contributed by atoms with Crippen molar-refractivity contribution < 1.29 is 433 Å². The predicted octanol–water partition coefficient (Wildman–Crippen LogP) is 12.9. The summed E-state index contributed by atoms with van der Waals surface area (Å²) in [5.41, 5.74) is 13.3. The molecule has 401 valence electrons. The molecule has 9 radical (unpaired) electrons. The van der Waals surface area contributed by atoms with E-state index in [0.717, 1.165) is 74.0 Å². The van der Waals surface area contributed by atoms with Gasteiger partial charge in [0.05, 0.1) is 5.69 Å². The van der Waals surface area contributed by atoms with Crippen molar-refractivity contribution in [3.8, 4) is 0 Å². The number of aryl methyl sites for hydroxylation is 13.